The zero-order valence-corrected chi connectivity index (χ0v) is 14.2. The van der Waals surface area contributed by atoms with Gasteiger partial charge in [0.2, 0.25) is 0 Å². The van der Waals surface area contributed by atoms with Crippen molar-refractivity contribution in [1.82, 2.24) is 9.88 Å². The van der Waals surface area contributed by atoms with Crippen LogP contribution in [0.3, 0.4) is 0 Å². The molecule has 0 bridgehead atoms. The van der Waals surface area contributed by atoms with E-state index in [0.29, 0.717) is 11.6 Å². The van der Waals surface area contributed by atoms with Crippen molar-refractivity contribution in [1.29, 1.82) is 0 Å². The molecular formula is C18H26N2O3. The molecule has 1 amide bonds. The monoisotopic (exact) mass is 318 g/mol. The van der Waals surface area contributed by atoms with Gasteiger partial charge in [-0.1, -0.05) is 12.8 Å². The Morgan fingerprint density at radius 3 is 2.48 bits per heavy atom. The number of amides is 1. The van der Waals surface area contributed by atoms with Gasteiger partial charge in [-0.25, -0.2) is 4.79 Å². The minimum atomic E-state index is -0.757. The summed E-state index contributed by atoms with van der Waals surface area (Å²) in [7, 11) is 0. The molecule has 126 valence electrons. The minimum Gasteiger partial charge on any atom is -0.449 e. The van der Waals surface area contributed by atoms with Crippen molar-refractivity contribution >= 4 is 11.9 Å². The lowest BCUT2D eigenvalue weighted by molar-refractivity contribution is -0.129. The van der Waals surface area contributed by atoms with Gasteiger partial charge in [-0.15, -0.1) is 0 Å². The third-order valence-corrected chi connectivity index (χ3v) is 4.97. The fourth-order valence-electron chi connectivity index (χ4n) is 3.54. The molecule has 1 N–H and O–H groups in total. The average molecular weight is 318 g/mol. The van der Waals surface area contributed by atoms with Crippen LogP contribution in [0.5, 0.6) is 0 Å². The Morgan fingerprint density at radius 2 is 1.87 bits per heavy atom. The maximum absolute atomic E-state index is 12.4. The zero-order chi connectivity index (χ0) is 16.6. The summed E-state index contributed by atoms with van der Waals surface area (Å²) in [4.78, 5) is 24.6. The van der Waals surface area contributed by atoms with Gasteiger partial charge in [0.05, 0.1) is 5.56 Å². The van der Waals surface area contributed by atoms with E-state index in [2.05, 4.69) is 9.88 Å². The standard InChI is InChI=1S/C18H26N2O3/c1-11-10-16(12(2)20(11)15-8-9-15)18(22)23-13(3)17(21)19-14-6-4-5-7-14/h10,13-15H,4-9H2,1-3H3,(H,19,21)/t13-/m1/s1. The number of nitrogens with zero attached hydrogens (tertiary/aromatic N) is 1. The molecule has 2 saturated carbocycles. The molecule has 0 radical (unpaired) electrons. The van der Waals surface area contributed by atoms with Gasteiger partial charge in [-0.2, -0.15) is 0 Å². The summed E-state index contributed by atoms with van der Waals surface area (Å²) < 4.78 is 7.60. The van der Waals surface area contributed by atoms with Gasteiger partial charge in [0.15, 0.2) is 6.10 Å². The molecule has 1 aromatic rings. The first-order chi connectivity index (χ1) is 11.0. The second-order valence-corrected chi connectivity index (χ2v) is 6.92. The number of carbonyl (C=O) groups is 2. The highest BCUT2D eigenvalue weighted by molar-refractivity contribution is 5.93. The van der Waals surface area contributed by atoms with E-state index in [1.54, 1.807) is 6.92 Å². The van der Waals surface area contributed by atoms with Crippen molar-refractivity contribution in [3.8, 4) is 0 Å². The Labute approximate surface area is 137 Å². The summed E-state index contributed by atoms with van der Waals surface area (Å²) in [6.45, 7) is 5.60. The molecule has 3 rings (SSSR count). The highest BCUT2D eigenvalue weighted by Crippen LogP contribution is 2.38. The average Bonchev–Trinajstić information content (AvgIpc) is 3.10. The normalized spacial score (nSPS) is 19.6. The van der Waals surface area contributed by atoms with Gasteiger partial charge in [-0.3, -0.25) is 4.79 Å². The quantitative estimate of drug-likeness (QED) is 0.849. The second-order valence-electron chi connectivity index (χ2n) is 6.92. The smallest absolute Gasteiger partial charge is 0.340 e. The highest BCUT2D eigenvalue weighted by Gasteiger charge is 2.30. The maximum Gasteiger partial charge on any atom is 0.340 e. The van der Waals surface area contributed by atoms with Crippen LogP contribution in [0.25, 0.3) is 0 Å². The first kappa shape index (κ1) is 16.1. The first-order valence-corrected chi connectivity index (χ1v) is 8.67. The van der Waals surface area contributed by atoms with Gasteiger partial charge in [0.1, 0.15) is 0 Å². The van der Waals surface area contributed by atoms with Gasteiger partial charge >= 0.3 is 5.97 Å². The largest absolute Gasteiger partial charge is 0.449 e. The predicted octanol–water partition coefficient (Wildman–Crippen LogP) is 3.04. The Hall–Kier alpha value is -1.78. The molecule has 1 heterocycles. The van der Waals surface area contributed by atoms with Crippen molar-refractivity contribution < 1.29 is 14.3 Å². The van der Waals surface area contributed by atoms with Crippen LogP contribution in [-0.4, -0.2) is 28.6 Å². The van der Waals surface area contributed by atoms with Crippen LogP contribution in [0.1, 0.15) is 73.2 Å². The molecule has 0 unspecified atom stereocenters. The van der Waals surface area contributed by atoms with E-state index in [-0.39, 0.29) is 11.9 Å². The third-order valence-electron chi connectivity index (χ3n) is 4.97. The lowest BCUT2D eigenvalue weighted by Crippen LogP contribution is -2.40. The van der Waals surface area contributed by atoms with Crippen LogP contribution in [0, 0.1) is 13.8 Å². The maximum atomic E-state index is 12.4. The van der Waals surface area contributed by atoms with Crippen LogP contribution >= 0.6 is 0 Å². The van der Waals surface area contributed by atoms with Crippen molar-refractivity contribution in [2.45, 2.75) is 77.5 Å². The van der Waals surface area contributed by atoms with Crippen LogP contribution in [-0.2, 0) is 9.53 Å². The van der Waals surface area contributed by atoms with Gasteiger partial charge in [-0.05, 0) is 52.5 Å². The summed E-state index contributed by atoms with van der Waals surface area (Å²) in [5, 5.41) is 2.97. The number of aryl methyl sites for hydroxylation is 1. The second kappa shape index (κ2) is 6.38. The number of hydrogen-bond donors (Lipinski definition) is 1. The summed E-state index contributed by atoms with van der Waals surface area (Å²) >= 11 is 0. The van der Waals surface area contributed by atoms with E-state index in [0.717, 1.165) is 37.1 Å². The van der Waals surface area contributed by atoms with Crippen molar-refractivity contribution in [2.24, 2.45) is 0 Å². The van der Waals surface area contributed by atoms with Crippen molar-refractivity contribution in [3.05, 3.63) is 23.0 Å². The molecule has 2 fully saturated rings. The van der Waals surface area contributed by atoms with Crippen LogP contribution in [0.4, 0.5) is 0 Å². The van der Waals surface area contributed by atoms with E-state index in [1.807, 2.05) is 19.9 Å². The molecular weight excluding hydrogens is 292 g/mol. The fraction of sp³-hybridized carbons (Fsp3) is 0.667. The van der Waals surface area contributed by atoms with E-state index >= 15 is 0 Å². The summed E-state index contributed by atoms with van der Waals surface area (Å²) in [5.41, 5.74) is 2.60. The molecule has 23 heavy (non-hydrogen) atoms. The summed E-state index contributed by atoms with van der Waals surface area (Å²) in [6.07, 6.45) is 5.95. The van der Waals surface area contributed by atoms with E-state index in [4.69, 9.17) is 4.74 Å². The number of rotatable bonds is 5. The molecule has 0 spiro atoms. The first-order valence-electron chi connectivity index (χ1n) is 8.67. The lowest BCUT2D eigenvalue weighted by atomic mass is 10.2. The van der Waals surface area contributed by atoms with Crippen LogP contribution < -0.4 is 5.32 Å². The van der Waals surface area contributed by atoms with Gasteiger partial charge < -0.3 is 14.6 Å². The molecule has 1 aromatic heterocycles. The van der Waals surface area contributed by atoms with Gasteiger partial charge in [0, 0.05) is 23.5 Å². The Balaban J connectivity index is 1.62. The summed E-state index contributed by atoms with van der Waals surface area (Å²) in [6, 6.07) is 2.64. The predicted molar refractivity (Wildman–Crippen MR) is 87.5 cm³/mol. The van der Waals surface area contributed by atoms with E-state index in [1.165, 1.54) is 12.8 Å². The molecule has 0 aromatic carbocycles. The third kappa shape index (κ3) is 3.43. The van der Waals surface area contributed by atoms with E-state index in [9.17, 15) is 9.59 Å². The van der Waals surface area contributed by atoms with E-state index < -0.39 is 12.1 Å². The SMILES string of the molecule is Cc1cc(C(=O)O[C@H](C)C(=O)NC2CCCC2)c(C)n1C1CC1. The minimum absolute atomic E-state index is 0.193. The molecule has 5 nitrogen and oxygen atoms in total. The Bertz CT molecular complexity index is 610. The number of carbonyl (C=O) groups excluding carboxylic acids is 2. The topological polar surface area (TPSA) is 60.3 Å². The van der Waals surface area contributed by atoms with Crippen LogP contribution in [0.15, 0.2) is 6.07 Å². The molecule has 2 aliphatic rings. The van der Waals surface area contributed by atoms with Crippen molar-refractivity contribution in [3.63, 3.8) is 0 Å². The lowest BCUT2D eigenvalue weighted by Gasteiger charge is -2.17. The molecule has 0 saturated heterocycles. The number of hydrogen-bond acceptors (Lipinski definition) is 3. The van der Waals surface area contributed by atoms with Crippen LogP contribution in [0.2, 0.25) is 0 Å². The molecule has 5 heteroatoms. The summed E-state index contributed by atoms with van der Waals surface area (Å²) in [5.74, 6) is -0.597. The number of esters is 1. The van der Waals surface area contributed by atoms with Gasteiger partial charge in [0.25, 0.3) is 5.91 Å². The molecule has 0 aliphatic heterocycles. The Kier molecular flexibility index (Phi) is 4.46. The Morgan fingerprint density at radius 1 is 1.22 bits per heavy atom. The zero-order valence-electron chi connectivity index (χ0n) is 14.2. The number of nitrogens with one attached hydrogen (secondary N) is 1. The van der Waals surface area contributed by atoms with Crippen molar-refractivity contribution in [2.75, 3.05) is 0 Å². The fourth-order valence-corrected chi connectivity index (χ4v) is 3.54. The molecule has 1 atom stereocenters. The highest BCUT2D eigenvalue weighted by atomic mass is 16.5. The molecule has 2 aliphatic carbocycles. The number of aromatic nitrogens is 1. The number of ether oxygens (including phenoxy) is 1.